The van der Waals surface area contributed by atoms with Gasteiger partial charge in [0.15, 0.2) is 0 Å². The third kappa shape index (κ3) is 5.14. The predicted octanol–water partition coefficient (Wildman–Crippen LogP) is 4.06. The first-order valence-electron chi connectivity index (χ1n) is 8.75. The summed E-state index contributed by atoms with van der Waals surface area (Å²) in [6, 6.07) is 10.6. The Morgan fingerprint density at radius 2 is 1.89 bits per heavy atom. The maximum Gasteiger partial charge on any atom is 0.243 e. The lowest BCUT2D eigenvalue weighted by atomic mass is 10.1. The number of hydrogen-bond acceptors (Lipinski definition) is 4. The monoisotopic (exact) mass is 387 g/mol. The molecule has 1 fully saturated rings. The molecule has 0 saturated heterocycles. The molecule has 27 heavy (non-hydrogen) atoms. The largest absolute Gasteiger partial charge is 0.495 e. The highest BCUT2D eigenvalue weighted by Crippen LogP contribution is 2.31. The van der Waals surface area contributed by atoms with Crippen LogP contribution in [0.4, 0.5) is 17.1 Å². The number of nitrogens with one attached hydrogen (secondary N) is 3. The summed E-state index contributed by atoms with van der Waals surface area (Å²) in [5, 5.41) is 9.31. The Hall–Kier alpha value is -2.73. The Morgan fingerprint density at radius 3 is 2.59 bits per heavy atom. The molecule has 142 valence electrons. The first-order chi connectivity index (χ1) is 13.0. The van der Waals surface area contributed by atoms with Gasteiger partial charge in [0, 0.05) is 22.3 Å². The van der Waals surface area contributed by atoms with Crippen LogP contribution in [0.2, 0.25) is 5.02 Å². The van der Waals surface area contributed by atoms with Gasteiger partial charge in [0.2, 0.25) is 11.8 Å². The van der Waals surface area contributed by atoms with Crippen LogP contribution in [0.5, 0.6) is 5.75 Å². The molecule has 3 N–H and O–H groups in total. The summed E-state index contributed by atoms with van der Waals surface area (Å²) in [6.07, 6.45) is 1.91. The van der Waals surface area contributed by atoms with Crippen LogP contribution in [0, 0.1) is 12.8 Å². The normalized spacial score (nSPS) is 13.0. The number of aryl methyl sites for hydroxylation is 1. The summed E-state index contributed by atoms with van der Waals surface area (Å²) in [7, 11) is 1.53. The minimum atomic E-state index is -0.234. The van der Waals surface area contributed by atoms with E-state index < -0.39 is 0 Å². The van der Waals surface area contributed by atoms with E-state index in [4.69, 9.17) is 16.3 Å². The predicted molar refractivity (Wildman–Crippen MR) is 108 cm³/mol. The van der Waals surface area contributed by atoms with E-state index in [2.05, 4.69) is 16.0 Å². The standard InChI is InChI=1S/C20H22ClN3O3/c1-12-3-7-15(23-20(26)13-4-5-13)10-16(12)22-11-19(25)24-17-9-14(21)6-8-18(17)27-2/h3,6-10,13,22H,4-5,11H2,1-2H3,(H,23,26)(H,24,25). The third-order valence-electron chi connectivity index (χ3n) is 4.33. The molecule has 1 aliphatic rings. The highest BCUT2D eigenvalue weighted by molar-refractivity contribution is 6.31. The SMILES string of the molecule is COc1ccc(Cl)cc1NC(=O)CNc1cc(NC(=O)C2CC2)ccc1C. The lowest BCUT2D eigenvalue weighted by molar-refractivity contribution is -0.117. The van der Waals surface area contributed by atoms with Gasteiger partial charge in [0.25, 0.3) is 0 Å². The van der Waals surface area contributed by atoms with Crippen LogP contribution in [-0.2, 0) is 9.59 Å². The zero-order valence-corrected chi connectivity index (χ0v) is 16.0. The highest BCUT2D eigenvalue weighted by Gasteiger charge is 2.29. The van der Waals surface area contributed by atoms with Crippen molar-refractivity contribution in [2.24, 2.45) is 5.92 Å². The van der Waals surface area contributed by atoms with Crippen molar-refractivity contribution in [3.05, 3.63) is 47.0 Å². The Labute approximate surface area is 163 Å². The van der Waals surface area contributed by atoms with Gasteiger partial charge in [-0.25, -0.2) is 0 Å². The third-order valence-corrected chi connectivity index (χ3v) is 4.56. The van der Waals surface area contributed by atoms with Gasteiger partial charge in [-0.15, -0.1) is 0 Å². The number of methoxy groups -OCH3 is 1. The molecule has 0 atom stereocenters. The zero-order valence-electron chi connectivity index (χ0n) is 15.3. The van der Waals surface area contributed by atoms with Gasteiger partial charge in [-0.05, 0) is 55.7 Å². The summed E-state index contributed by atoms with van der Waals surface area (Å²) in [4.78, 5) is 24.2. The number of rotatable bonds is 7. The molecule has 0 aliphatic heterocycles. The van der Waals surface area contributed by atoms with E-state index in [9.17, 15) is 9.59 Å². The minimum Gasteiger partial charge on any atom is -0.495 e. The number of carbonyl (C=O) groups is 2. The Balaban J connectivity index is 1.61. The summed E-state index contributed by atoms with van der Waals surface area (Å²) in [6.45, 7) is 2.00. The number of carbonyl (C=O) groups excluding carboxylic acids is 2. The second-order valence-corrected chi connectivity index (χ2v) is 6.98. The first-order valence-corrected chi connectivity index (χ1v) is 9.13. The minimum absolute atomic E-state index is 0.0515. The van der Waals surface area contributed by atoms with Crippen molar-refractivity contribution in [1.29, 1.82) is 0 Å². The molecule has 2 amide bonds. The van der Waals surface area contributed by atoms with Crippen molar-refractivity contribution < 1.29 is 14.3 Å². The Kier molecular flexibility index (Phi) is 5.86. The van der Waals surface area contributed by atoms with Crippen molar-refractivity contribution in [3.8, 4) is 5.75 Å². The average molecular weight is 388 g/mol. The Morgan fingerprint density at radius 1 is 1.11 bits per heavy atom. The molecule has 2 aromatic rings. The quantitative estimate of drug-likeness (QED) is 0.669. The molecule has 0 aromatic heterocycles. The van der Waals surface area contributed by atoms with E-state index >= 15 is 0 Å². The average Bonchev–Trinajstić information content (AvgIpc) is 3.47. The van der Waals surface area contributed by atoms with Gasteiger partial charge in [-0.1, -0.05) is 17.7 Å². The van der Waals surface area contributed by atoms with Crippen molar-refractivity contribution in [3.63, 3.8) is 0 Å². The van der Waals surface area contributed by atoms with Gasteiger partial charge in [0.1, 0.15) is 5.75 Å². The second-order valence-electron chi connectivity index (χ2n) is 6.54. The van der Waals surface area contributed by atoms with E-state index in [1.54, 1.807) is 18.2 Å². The fraction of sp³-hybridized carbons (Fsp3) is 0.300. The van der Waals surface area contributed by atoms with Crippen molar-refractivity contribution in [2.75, 3.05) is 29.6 Å². The fourth-order valence-corrected chi connectivity index (χ4v) is 2.80. The Bertz CT molecular complexity index is 866. The summed E-state index contributed by atoms with van der Waals surface area (Å²) >= 11 is 5.98. The van der Waals surface area contributed by atoms with Crippen LogP contribution in [0.25, 0.3) is 0 Å². The maximum atomic E-state index is 12.3. The summed E-state index contributed by atoms with van der Waals surface area (Å²) in [5.41, 5.74) is 3.00. The molecule has 0 heterocycles. The lowest BCUT2D eigenvalue weighted by Crippen LogP contribution is -2.22. The molecule has 0 bridgehead atoms. The van der Waals surface area contributed by atoms with Crippen LogP contribution in [0.3, 0.4) is 0 Å². The zero-order chi connectivity index (χ0) is 19.4. The van der Waals surface area contributed by atoms with E-state index in [1.807, 2.05) is 25.1 Å². The van der Waals surface area contributed by atoms with Gasteiger partial charge >= 0.3 is 0 Å². The van der Waals surface area contributed by atoms with E-state index in [-0.39, 0.29) is 24.3 Å². The number of halogens is 1. The molecule has 7 heteroatoms. The molecule has 1 aliphatic carbocycles. The van der Waals surface area contributed by atoms with Gasteiger partial charge < -0.3 is 20.7 Å². The van der Waals surface area contributed by atoms with Gasteiger partial charge in [-0.2, -0.15) is 0 Å². The molecule has 0 unspecified atom stereocenters. The van der Waals surface area contributed by atoms with Crippen molar-refractivity contribution in [2.45, 2.75) is 19.8 Å². The first kappa shape index (κ1) is 19.0. The molecule has 1 saturated carbocycles. The number of ether oxygens (including phenoxy) is 1. The lowest BCUT2D eigenvalue weighted by Gasteiger charge is -2.14. The van der Waals surface area contributed by atoms with Crippen molar-refractivity contribution >= 4 is 40.5 Å². The summed E-state index contributed by atoms with van der Waals surface area (Å²) < 4.78 is 5.23. The number of benzene rings is 2. The molecule has 6 nitrogen and oxygen atoms in total. The van der Waals surface area contributed by atoms with E-state index in [0.29, 0.717) is 16.5 Å². The molecular weight excluding hydrogens is 366 g/mol. The van der Waals surface area contributed by atoms with Crippen LogP contribution in [0.1, 0.15) is 18.4 Å². The second kappa shape index (κ2) is 8.31. The smallest absolute Gasteiger partial charge is 0.243 e. The van der Waals surface area contributed by atoms with Crippen LogP contribution >= 0.6 is 11.6 Å². The van der Waals surface area contributed by atoms with E-state index in [1.165, 1.54) is 7.11 Å². The van der Waals surface area contributed by atoms with Gasteiger partial charge in [-0.3, -0.25) is 9.59 Å². The van der Waals surface area contributed by atoms with Crippen LogP contribution < -0.4 is 20.7 Å². The van der Waals surface area contributed by atoms with Crippen LogP contribution in [0.15, 0.2) is 36.4 Å². The van der Waals surface area contributed by atoms with E-state index in [0.717, 1.165) is 29.8 Å². The van der Waals surface area contributed by atoms with Crippen molar-refractivity contribution in [1.82, 2.24) is 0 Å². The molecule has 3 rings (SSSR count). The number of amides is 2. The molecular formula is C20H22ClN3O3. The summed E-state index contributed by atoms with van der Waals surface area (Å²) in [5.74, 6) is 0.493. The van der Waals surface area contributed by atoms with Crippen LogP contribution in [-0.4, -0.2) is 25.5 Å². The molecule has 0 spiro atoms. The molecule has 0 radical (unpaired) electrons. The maximum absolute atomic E-state index is 12.3. The fourth-order valence-electron chi connectivity index (χ4n) is 2.63. The number of hydrogen-bond donors (Lipinski definition) is 3. The van der Waals surface area contributed by atoms with Gasteiger partial charge in [0.05, 0.1) is 19.3 Å². The molecule has 2 aromatic carbocycles. The number of anilines is 3. The highest BCUT2D eigenvalue weighted by atomic mass is 35.5. The topological polar surface area (TPSA) is 79.5 Å².